The first kappa shape index (κ1) is 13.8. The lowest BCUT2D eigenvalue weighted by Crippen LogP contribution is -2.22. The maximum absolute atomic E-state index is 11.9. The van der Waals surface area contributed by atoms with Gasteiger partial charge in [-0.25, -0.2) is 22.4 Å². The Kier molecular flexibility index (Phi) is 3.48. The average molecular weight is 302 g/mol. The van der Waals surface area contributed by atoms with Crippen molar-refractivity contribution < 1.29 is 8.42 Å². The van der Waals surface area contributed by atoms with Crippen LogP contribution >= 0.6 is 11.6 Å². The molecule has 0 bridgehead atoms. The van der Waals surface area contributed by atoms with Crippen molar-refractivity contribution in [3.8, 4) is 5.82 Å². The second kappa shape index (κ2) is 4.80. The lowest BCUT2D eigenvalue weighted by atomic mass is 10.5. The second-order valence-electron chi connectivity index (χ2n) is 3.95. The van der Waals surface area contributed by atoms with Crippen molar-refractivity contribution in [1.29, 1.82) is 0 Å². The van der Waals surface area contributed by atoms with Crippen molar-refractivity contribution in [2.45, 2.75) is 4.90 Å². The van der Waals surface area contributed by atoms with E-state index < -0.39 is 10.0 Å². The number of rotatable bonds is 3. The topological polar surface area (TPSA) is 94.1 Å². The lowest BCUT2D eigenvalue weighted by molar-refractivity contribution is 0.520. The standard InChI is InChI=1S/C10H12ClN5O2S/c1-15(2)19(17,18)7-3-4-9(13-5-7)16-6-8(11)10(12)14-16/h3-6H,1-2H3,(H2,12,14). The van der Waals surface area contributed by atoms with E-state index >= 15 is 0 Å². The Morgan fingerprint density at radius 1 is 1.37 bits per heavy atom. The SMILES string of the molecule is CN(C)S(=O)(=O)c1ccc(-n2cc(Cl)c(N)n2)nc1. The van der Waals surface area contributed by atoms with Crippen LogP contribution in [-0.4, -0.2) is 41.6 Å². The number of hydrogen-bond donors (Lipinski definition) is 1. The number of aromatic nitrogens is 3. The van der Waals surface area contributed by atoms with Gasteiger partial charge in [-0.1, -0.05) is 11.6 Å². The van der Waals surface area contributed by atoms with Gasteiger partial charge in [0.15, 0.2) is 11.6 Å². The molecule has 0 aliphatic heterocycles. The van der Waals surface area contributed by atoms with Crippen LogP contribution in [0.15, 0.2) is 29.4 Å². The van der Waals surface area contributed by atoms with E-state index in [1.807, 2.05) is 0 Å². The molecule has 9 heteroatoms. The fourth-order valence-electron chi connectivity index (χ4n) is 1.35. The van der Waals surface area contributed by atoms with E-state index in [1.54, 1.807) is 0 Å². The highest BCUT2D eigenvalue weighted by molar-refractivity contribution is 7.89. The van der Waals surface area contributed by atoms with Crippen LogP contribution in [0.1, 0.15) is 0 Å². The van der Waals surface area contributed by atoms with Crippen LogP contribution in [0, 0.1) is 0 Å². The summed E-state index contributed by atoms with van der Waals surface area (Å²) in [4.78, 5) is 4.14. The molecule has 0 atom stereocenters. The maximum Gasteiger partial charge on any atom is 0.244 e. The van der Waals surface area contributed by atoms with Gasteiger partial charge in [0.1, 0.15) is 9.92 Å². The van der Waals surface area contributed by atoms with Gasteiger partial charge in [0.05, 0.1) is 6.20 Å². The molecule has 2 rings (SSSR count). The van der Waals surface area contributed by atoms with Gasteiger partial charge in [0.25, 0.3) is 0 Å². The normalized spacial score (nSPS) is 12.0. The molecule has 0 amide bonds. The Morgan fingerprint density at radius 2 is 2.05 bits per heavy atom. The van der Waals surface area contributed by atoms with E-state index in [2.05, 4.69) is 10.1 Å². The van der Waals surface area contributed by atoms with Crippen LogP contribution in [0.2, 0.25) is 5.02 Å². The summed E-state index contributed by atoms with van der Waals surface area (Å²) in [6.45, 7) is 0. The van der Waals surface area contributed by atoms with Crippen molar-refractivity contribution >= 4 is 27.4 Å². The zero-order chi connectivity index (χ0) is 14.2. The van der Waals surface area contributed by atoms with Crippen molar-refractivity contribution in [2.75, 3.05) is 19.8 Å². The molecule has 2 heterocycles. The van der Waals surface area contributed by atoms with Gasteiger partial charge in [0, 0.05) is 20.3 Å². The summed E-state index contributed by atoms with van der Waals surface area (Å²) in [5.74, 6) is 0.616. The molecule has 0 aliphatic rings. The number of nitrogens with zero attached hydrogens (tertiary/aromatic N) is 4. The van der Waals surface area contributed by atoms with Crippen molar-refractivity contribution in [3.05, 3.63) is 29.5 Å². The molecule has 0 spiro atoms. The molecule has 0 saturated carbocycles. The molecule has 7 nitrogen and oxygen atoms in total. The summed E-state index contributed by atoms with van der Waals surface area (Å²) >= 11 is 5.79. The second-order valence-corrected chi connectivity index (χ2v) is 6.51. The predicted molar refractivity (Wildman–Crippen MR) is 71.7 cm³/mol. The third kappa shape index (κ3) is 2.55. The van der Waals surface area contributed by atoms with E-state index in [1.165, 1.54) is 43.3 Å². The van der Waals surface area contributed by atoms with Crippen LogP contribution in [0.5, 0.6) is 0 Å². The van der Waals surface area contributed by atoms with Gasteiger partial charge in [-0.3, -0.25) is 0 Å². The quantitative estimate of drug-likeness (QED) is 0.903. The van der Waals surface area contributed by atoms with Gasteiger partial charge in [0.2, 0.25) is 10.0 Å². The Balaban J connectivity index is 2.39. The van der Waals surface area contributed by atoms with E-state index in [4.69, 9.17) is 17.3 Å². The van der Waals surface area contributed by atoms with Gasteiger partial charge in [-0.15, -0.1) is 5.10 Å². The molecule has 102 valence electrons. The lowest BCUT2D eigenvalue weighted by Gasteiger charge is -2.11. The van der Waals surface area contributed by atoms with E-state index in [-0.39, 0.29) is 10.7 Å². The van der Waals surface area contributed by atoms with Crippen molar-refractivity contribution in [3.63, 3.8) is 0 Å². The Bertz CT molecular complexity index is 674. The highest BCUT2D eigenvalue weighted by atomic mass is 35.5. The fourth-order valence-corrected chi connectivity index (χ4v) is 2.33. The highest BCUT2D eigenvalue weighted by Gasteiger charge is 2.17. The summed E-state index contributed by atoms with van der Waals surface area (Å²) in [6, 6.07) is 2.97. The molecule has 2 aromatic rings. The third-order valence-electron chi connectivity index (χ3n) is 2.43. The molecular weight excluding hydrogens is 290 g/mol. The summed E-state index contributed by atoms with van der Waals surface area (Å²) in [7, 11) is -0.577. The molecule has 2 aromatic heterocycles. The van der Waals surface area contributed by atoms with E-state index in [9.17, 15) is 8.42 Å². The minimum Gasteiger partial charge on any atom is -0.381 e. The number of sulfonamides is 1. The molecule has 0 aromatic carbocycles. The third-order valence-corrected chi connectivity index (χ3v) is 4.52. The molecule has 0 unspecified atom stereocenters. The molecule has 0 aliphatic carbocycles. The van der Waals surface area contributed by atoms with Crippen molar-refractivity contribution in [1.82, 2.24) is 19.1 Å². The fraction of sp³-hybridized carbons (Fsp3) is 0.200. The Morgan fingerprint density at radius 3 is 2.47 bits per heavy atom. The molecule has 0 radical (unpaired) electrons. The molecular formula is C10H12ClN5O2S. The van der Waals surface area contributed by atoms with Crippen LogP contribution in [0.4, 0.5) is 5.82 Å². The largest absolute Gasteiger partial charge is 0.381 e. The molecule has 19 heavy (non-hydrogen) atoms. The predicted octanol–water partition coefficient (Wildman–Crippen LogP) is 0.753. The van der Waals surface area contributed by atoms with Crippen LogP contribution in [0.25, 0.3) is 5.82 Å². The minimum atomic E-state index is -3.49. The molecule has 0 fully saturated rings. The Hall–Kier alpha value is -1.64. The zero-order valence-electron chi connectivity index (χ0n) is 10.3. The van der Waals surface area contributed by atoms with Crippen LogP contribution < -0.4 is 5.73 Å². The smallest absolute Gasteiger partial charge is 0.244 e. The maximum atomic E-state index is 11.9. The van der Waals surface area contributed by atoms with Crippen molar-refractivity contribution in [2.24, 2.45) is 0 Å². The number of anilines is 1. The summed E-state index contributed by atoms with van der Waals surface area (Å²) in [5, 5.41) is 4.26. The molecule has 0 saturated heterocycles. The summed E-state index contributed by atoms with van der Waals surface area (Å²) in [6.07, 6.45) is 2.76. The number of hydrogen-bond acceptors (Lipinski definition) is 5. The van der Waals surface area contributed by atoms with Gasteiger partial charge in [-0.05, 0) is 12.1 Å². The number of nitrogen functional groups attached to an aromatic ring is 1. The monoisotopic (exact) mass is 301 g/mol. The van der Waals surface area contributed by atoms with E-state index in [0.717, 1.165) is 4.31 Å². The van der Waals surface area contributed by atoms with Gasteiger partial charge in [-0.2, -0.15) is 0 Å². The van der Waals surface area contributed by atoms with Crippen LogP contribution in [-0.2, 0) is 10.0 Å². The number of halogens is 1. The minimum absolute atomic E-state index is 0.104. The zero-order valence-corrected chi connectivity index (χ0v) is 11.9. The first-order valence-corrected chi connectivity index (χ1v) is 7.04. The van der Waals surface area contributed by atoms with Gasteiger partial charge < -0.3 is 5.73 Å². The number of nitrogens with two attached hydrogens (primary N) is 1. The summed E-state index contributed by atoms with van der Waals surface area (Å²) in [5.41, 5.74) is 5.52. The highest BCUT2D eigenvalue weighted by Crippen LogP contribution is 2.19. The van der Waals surface area contributed by atoms with Gasteiger partial charge >= 0.3 is 0 Å². The Labute approximate surface area is 115 Å². The van der Waals surface area contributed by atoms with Crippen LogP contribution in [0.3, 0.4) is 0 Å². The van der Waals surface area contributed by atoms with E-state index in [0.29, 0.717) is 10.8 Å². The number of pyridine rings is 1. The first-order valence-electron chi connectivity index (χ1n) is 5.22. The average Bonchev–Trinajstić information content (AvgIpc) is 2.69. The first-order chi connectivity index (χ1) is 8.82. The molecule has 2 N–H and O–H groups in total. The summed E-state index contributed by atoms with van der Waals surface area (Å²) < 4.78 is 26.2.